The Morgan fingerprint density at radius 3 is 2.47 bits per heavy atom. The zero-order valence-corrected chi connectivity index (χ0v) is 19.9. The molecule has 2 saturated carbocycles. The highest BCUT2D eigenvalue weighted by Gasteiger charge is 2.50. The van der Waals surface area contributed by atoms with Crippen LogP contribution in [0.25, 0.3) is 21.7 Å². The van der Waals surface area contributed by atoms with Crippen molar-refractivity contribution in [3.8, 4) is 33.3 Å². The quantitative estimate of drug-likeness (QED) is 0.532. The van der Waals surface area contributed by atoms with Gasteiger partial charge in [-0.05, 0) is 72.3 Å². The molecule has 2 fully saturated rings. The number of nitrogens with zero attached hydrogens (tertiary/aromatic N) is 4. The van der Waals surface area contributed by atoms with E-state index in [4.69, 9.17) is 4.74 Å². The normalized spacial score (nSPS) is 26.8. The van der Waals surface area contributed by atoms with E-state index in [1.54, 1.807) is 30.7 Å². The highest BCUT2D eigenvalue weighted by molar-refractivity contribution is 7.18. The van der Waals surface area contributed by atoms with Gasteiger partial charge in [-0.25, -0.2) is 4.98 Å². The van der Waals surface area contributed by atoms with Crippen molar-refractivity contribution >= 4 is 16.5 Å². The number of aromatic nitrogens is 3. The van der Waals surface area contributed by atoms with Gasteiger partial charge in [0.15, 0.2) is 5.01 Å². The lowest BCUT2D eigenvalue weighted by Gasteiger charge is -2.43. The lowest BCUT2D eigenvalue weighted by atomic mass is 9.68. The summed E-state index contributed by atoms with van der Waals surface area (Å²) in [6, 6.07) is 9.88. The van der Waals surface area contributed by atoms with Gasteiger partial charge in [-0.15, -0.1) is 10.2 Å². The number of hydrogen-bond donors (Lipinski definition) is 1. The molecule has 32 heavy (non-hydrogen) atoms. The lowest BCUT2D eigenvalue weighted by molar-refractivity contribution is 0.148. The third-order valence-electron chi connectivity index (χ3n) is 7.41. The first kappa shape index (κ1) is 21.2. The monoisotopic (exact) mass is 450 g/mol. The van der Waals surface area contributed by atoms with E-state index < -0.39 is 0 Å². The molecular weight excluding hydrogens is 420 g/mol. The molecule has 2 bridgehead atoms. The second-order valence-electron chi connectivity index (χ2n) is 10.2. The first-order valence-electron chi connectivity index (χ1n) is 11.2. The summed E-state index contributed by atoms with van der Waals surface area (Å²) < 4.78 is 5.21. The average Bonchev–Trinajstić information content (AvgIpc) is 3.34. The molecule has 1 aromatic carbocycles. The van der Waals surface area contributed by atoms with Crippen LogP contribution in [0.3, 0.4) is 0 Å². The molecule has 3 aromatic rings. The maximum absolute atomic E-state index is 10.8. The zero-order chi connectivity index (χ0) is 22.5. The van der Waals surface area contributed by atoms with Gasteiger partial charge in [0.05, 0.1) is 12.7 Å². The summed E-state index contributed by atoms with van der Waals surface area (Å²) in [5.41, 5.74) is 3.43. The number of phenolic OH excluding ortho intramolecular Hbond substituents is 1. The second kappa shape index (κ2) is 7.73. The number of pyridine rings is 1. The van der Waals surface area contributed by atoms with Gasteiger partial charge in [0.25, 0.3) is 0 Å². The van der Waals surface area contributed by atoms with E-state index in [1.807, 2.05) is 24.3 Å². The molecule has 2 heterocycles. The number of fused-ring (bicyclic) bond motifs is 2. The molecule has 0 spiro atoms. The van der Waals surface area contributed by atoms with Crippen LogP contribution in [0.1, 0.15) is 46.0 Å². The summed E-state index contributed by atoms with van der Waals surface area (Å²) in [4.78, 5) is 6.46. The van der Waals surface area contributed by atoms with Gasteiger partial charge in [-0.2, -0.15) is 0 Å². The molecule has 3 atom stereocenters. The van der Waals surface area contributed by atoms with Crippen LogP contribution in [-0.2, 0) is 0 Å². The van der Waals surface area contributed by atoms with E-state index in [-0.39, 0.29) is 5.75 Å². The smallest absolute Gasteiger partial charge is 0.213 e. The molecule has 6 nitrogen and oxygen atoms in total. The molecule has 168 valence electrons. The van der Waals surface area contributed by atoms with Crippen molar-refractivity contribution in [3.05, 3.63) is 36.5 Å². The Kier molecular flexibility index (Phi) is 5.12. The Balaban J connectivity index is 1.37. The van der Waals surface area contributed by atoms with Crippen molar-refractivity contribution in [3.63, 3.8) is 0 Å². The largest absolute Gasteiger partial charge is 0.507 e. The van der Waals surface area contributed by atoms with Crippen LogP contribution in [0.2, 0.25) is 0 Å². The predicted molar refractivity (Wildman–Crippen MR) is 128 cm³/mol. The van der Waals surface area contributed by atoms with Gasteiger partial charge in [-0.3, -0.25) is 0 Å². The Bertz CT molecular complexity index is 1130. The zero-order valence-electron chi connectivity index (χ0n) is 19.1. The highest BCUT2D eigenvalue weighted by atomic mass is 32.1. The van der Waals surface area contributed by atoms with Crippen LogP contribution in [-0.4, -0.2) is 40.5 Å². The number of methoxy groups -OCH3 is 1. The Hall–Kier alpha value is -2.67. The summed E-state index contributed by atoms with van der Waals surface area (Å²) in [5.74, 6) is 0.737. The number of benzene rings is 1. The van der Waals surface area contributed by atoms with Crippen molar-refractivity contribution in [1.29, 1.82) is 0 Å². The number of aromatic hydroxyl groups is 1. The minimum atomic E-state index is 0.194. The minimum Gasteiger partial charge on any atom is -0.507 e. The van der Waals surface area contributed by atoms with Crippen LogP contribution < -0.4 is 9.64 Å². The van der Waals surface area contributed by atoms with Gasteiger partial charge in [0.2, 0.25) is 11.0 Å². The fourth-order valence-corrected chi connectivity index (χ4v) is 6.77. The first-order chi connectivity index (χ1) is 15.3. The summed E-state index contributed by atoms with van der Waals surface area (Å²) in [7, 11) is 3.74. The molecule has 5 rings (SSSR count). The van der Waals surface area contributed by atoms with Crippen LogP contribution in [0, 0.1) is 10.8 Å². The topological polar surface area (TPSA) is 71.4 Å². The molecule has 2 aliphatic carbocycles. The summed E-state index contributed by atoms with van der Waals surface area (Å²) >= 11 is 1.54. The van der Waals surface area contributed by atoms with Crippen molar-refractivity contribution < 1.29 is 9.84 Å². The van der Waals surface area contributed by atoms with E-state index in [2.05, 4.69) is 41.0 Å². The minimum absolute atomic E-state index is 0.194. The van der Waals surface area contributed by atoms with Crippen LogP contribution in [0.15, 0.2) is 36.5 Å². The van der Waals surface area contributed by atoms with Crippen molar-refractivity contribution in [1.82, 2.24) is 15.2 Å². The SMILES string of the molecule is COc1cc(-c2ccc(-c3nnc(N(C)C4C[C@]5(C)CC[C@](C)(C4)C5)s3)c(O)c2)ccn1. The molecule has 2 aliphatic rings. The van der Waals surface area contributed by atoms with Gasteiger partial charge >= 0.3 is 0 Å². The summed E-state index contributed by atoms with van der Waals surface area (Å²) in [6.45, 7) is 4.89. The maximum atomic E-state index is 10.8. The fraction of sp³-hybridized carbons (Fsp3) is 0.480. The number of anilines is 1. The van der Waals surface area contributed by atoms with E-state index in [0.717, 1.165) is 21.3 Å². The Morgan fingerprint density at radius 2 is 1.78 bits per heavy atom. The second-order valence-corrected chi connectivity index (χ2v) is 11.1. The van der Waals surface area contributed by atoms with E-state index in [1.165, 1.54) is 32.1 Å². The van der Waals surface area contributed by atoms with Crippen molar-refractivity contribution in [2.24, 2.45) is 10.8 Å². The number of hydrogen-bond acceptors (Lipinski definition) is 7. The summed E-state index contributed by atoms with van der Waals surface area (Å²) in [5, 5.41) is 21.3. The van der Waals surface area contributed by atoms with Gasteiger partial charge in [0, 0.05) is 25.4 Å². The maximum Gasteiger partial charge on any atom is 0.213 e. The molecular formula is C25H30N4O2S. The third-order valence-corrected chi connectivity index (χ3v) is 8.46. The molecule has 7 heteroatoms. The standard InChI is InChI=1S/C25H30N4O2S/c1-24-8-9-25(2,15-24)14-18(13-24)29(3)23-28-27-22(32-23)19-6-5-16(11-20(19)30)17-7-10-26-21(12-17)31-4/h5-7,10-12,18,30H,8-9,13-15H2,1-4H3/t18?,24-,25+. The van der Waals surface area contributed by atoms with E-state index >= 15 is 0 Å². The molecule has 1 N–H and O–H groups in total. The van der Waals surface area contributed by atoms with E-state index in [0.29, 0.717) is 28.3 Å². The van der Waals surface area contributed by atoms with Crippen LogP contribution in [0.5, 0.6) is 11.6 Å². The Morgan fingerprint density at radius 1 is 1.06 bits per heavy atom. The number of phenols is 1. The molecule has 0 amide bonds. The third kappa shape index (κ3) is 3.83. The Labute approximate surface area is 193 Å². The van der Waals surface area contributed by atoms with Crippen molar-refractivity contribution in [2.45, 2.75) is 52.0 Å². The highest BCUT2D eigenvalue weighted by Crippen LogP contribution is 2.59. The molecule has 0 aliphatic heterocycles. The van der Waals surface area contributed by atoms with Crippen LogP contribution >= 0.6 is 11.3 Å². The van der Waals surface area contributed by atoms with Crippen molar-refractivity contribution in [2.75, 3.05) is 19.1 Å². The molecule has 1 unspecified atom stereocenters. The fourth-order valence-electron chi connectivity index (χ4n) is 5.86. The van der Waals surface area contributed by atoms with Crippen LogP contribution in [0.4, 0.5) is 5.13 Å². The molecule has 2 aromatic heterocycles. The lowest BCUT2D eigenvalue weighted by Crippen LogP contribution is -2.42. The predicted octanol–water partition coefficient (Wildman–Crippen LogP) is 5.78. The average molecular weight is 451 g/mol. The molecule has 0 radical (unpaired) electrons. The number of rotatable bonds is 5. The van der Waals surface area contributed by atoms with E-state index in [9.17, 15) is 5.11 Å². The summed E-state index contributed by atoms with van der Waals surface area (Å²) in [6.07, 6.45) is 8.13. The first-order valence-corrected chi connectivity index (χ1v) is 12.0. The van der Waals surface area contributed by atoms with Gasteiger partial charge in [0.1, 0.15) is 5.75 Å². The van der Waals surface area contributed by atoms with Gasteiger partial charge in [-0.1, -0.05) is 31.3 Å². The molecule has 0 saturated heterocycles. The number of ether oxygens (including phenoxy) is 1. The van der Waals surface area contributed by atoms with Gasteiger partial charge < -0.3 is 14.7 Å².